The molecule has 1 aromatic carbocycles. The highest BCUT2D eigenvalue weighted by Gasteiger charge is 2.34. The largest absolute Gasteiger partial charge is 0.361 e. The molecule has 0 saturated heterocycles. The van der Waals surface area contributed by atoms with Gasteiger partial charge in [-0.1, -0.05) is 57.4 Å². The first kappa shape index (κ1) is 28.4. The van der Waals surface area contributed by atoms with Gasteiger partial charge in [-0.3, -0.25) is 4.79 Å². The topological polar surface area (TPSA) is 73.8 Å². The van der Waals surface area contributed by atoms with E-state index in [9.17, 15) is 4.79 Å². The number of aryl methyl sites for hydroxylation is 1. The van der Waals surface area contributed by atoms with Gasteiger partial charge in [0.25, 0.3) is 0 Å². The molecule has 2 aromatic heterocycles. The lowest BCUT2D eigenvalue weighted by molar-refractivity contribution is -0.118. The maximum absolute atomic E-state index is 13.2. The number of Topliss-reactive ketones (excluding diaryl/α,β-unsaturated/α-hetero) is 1. The fraction of sp³-hybridized carbons (Fsp3) is 0.571. The highest BCUT2D eigenvalue weighted by atomic mass is 35.5. The van der Waals surface area contributed by atoms with Gasteiger partial charge in [0.05, 0.1) is 0 Å². The van der Waals surface area contributed by atoms with Crippen LogP contribution in [0.1, 0.15) is 95.0 Å². The molecule has 36 heavy (non-hydrogen) atoms. The third kappa shape index (κ3) is 7.19. The molecule has 1 atom stereocenters. The van der Waals surface area contributed by atoms with Gasteiger partial charge in [-0.25, -0.2) is 0 Å². The molecule has 1 saturated carbocycles. The van der Waals surface area contributed by atoms with E-state index in [0.29, 0.717) is 29.8 Å². The molecule has 3 aromatic rings. The van der Waals surface area contributed by atoms with Gasteiger partial charge in [0, 0.05) is 42.3 Å². The van der Waals surface area contributed by atoms with Gasteiger partial charge in [0.1, 0.15) is 17.4 Å². The first-order chi connectivity index (χ1) is 16.5. The number of halogens is 2. The second-order valence-electron chi connectivity index (χ2n) is 11.7. The number of rotatable bonds is 10. The van der Waals surface area contributed by atoms with Crippen LogP contribution >= 0.6 is 24.0 Å². The SMILES string of the molecule is Cc1cc(Cl)ccc1CC(=O)C[C@H](CC(C)C)c1nnc(-c2cc(CC(C)(C)C)on2)n1C1CC1.Cl. The van der Waals surface area contributed by atoms with E-state index in [1.165, 1.54) is 0 Å². The fourth-order valence-corrected chi connectivity index (χ4v) is 4.97. The van der Waals surface area contributed by atoms with Gasteiger partial charge >= 0.3 is 0 Å². The molecule has 0 aliphatic heterocycles. The van der Waals surface area contributed by atoms with Gasteiger partial charge in [-0.2, -0.15) is 0 Å². The monoisotopic (exact) mass is 532 g/mol. The average Bonchev–Trinajstić information content (AvgIpc) is 3.31. The van der Waals surface area contributed by atoms with Crippen molar-refractivity contribution in [2.45, 2.75) is 92.0 Å². The minimum atomic E-state index is 0. The fourth-order valence-electron chi connectivity index (χ4n) is 4.74. The van der Waals surface area contributed by atoms with Gasteiger partial charge < -0.3 is 9.09 Å². The van der Waals surface area contributed by atoms with Crippen LogP contribution in [-0.4, -0.2) is 25.7 Å². The molecule has 1 aliphatic rings. The zero-order valence-corrected chi connectivity index (χ0v) is 23.7. The third-order valence-electron chi connectivity index (χ3n) is 6.41. The number of hydrogen-bond donors (Lipinski definition) is 0. The Kier molecular flexibility index (Phi) is 9.05. The Bertz CT molecular complexity index is 1190. The second-order valence-corrected chi connectivity index (χ2v) is 12.2. The Morgan fingerprint density at radius 1 is 1.19 bits per heavy atom. The van der Waals surface area contributed by atoms with Crippen molar-refractivity contribution in [2.75, 3.05) is 0 Å². The van der Waals surface area contributed by atoms with Crippen molar-refractivity contribution < 1.29 is 9.32 Å². The lowest BCUT2D eigenvalue weighted by Gasteiger charge is -2.20. The van der Waals surface area contributed by atoms with E-state index >= 15 is 0 Å². The van der Waals surface area contributed by atoms with Crippen molar-refractivity contribution in [3.8, 4) is 11.5 Å². The molecule has 0 spiro atoms. The minimum absolute atomic E-state index is 0. The molecule has 4 rings (SSSR count). The Balaban J connectivity index is 0.00000361. The molecule has 2 heterocycles. The smallest absolute Gasteiger partial charge is 0.186 e. The van der Waals surface area contributed by atoms with Gasteiger partial charge in [-0.05, 0) is 60.8 Å². The Morgan fingerprint density at radius 3 is 2.53 bits per heavy atom. The van der Waals surface area contributed by atoms with Crippen LogP contribution in [0.2, 0.25) is 5.02 Å². The number of benzene rings is 1. The molecule has 0 bridgehead atoms. The van der Waals surface area contributed by atoms with Crippen LogP contribution in [-0.2, 0) is 17.6 Å². The van der Waals surface area contributed by atoms with E-state index in [1.807, 2.05) is 31.2 Å². The standard InChI is InChI=1S/C28H37ClN4O2.ClH/c1-17(2)11-20(14-23(34)13-19-7-8-21(29)12-18(19)3)26-30-31-27(33(26)22-9-10-22)25-15-24(35-32-25)16-28(4,5)6;/h7-8,12,15,17,20,22H,9-11,13-14,16H2,1-6H3;1H/t20-;/m0./s1. The molecule has 0 amide bonds. The molecule has 196 valence electrons. The van der Waals surface area contributed by atoms with E-state index in [2.05, 4.69) is 54.5 Å². The highest BCUT2D eigenvalue weighted by Crippen LogP contribution is 2.42. The summed E-state index contributed by atoms with van der Waals surface area (Å²) in [5.41, 5.74) is 2.91. The van der Waals surface area contributed by atoms with Gasteiger partial charge in [0.15, 0.2) is 11.5 Å². The van der Waals surface area contributed by atoms with Crippen molar-refractivity contribution in [1.29, 1.82) is 0 Å². The summed E-state index contributed by atoms with van der Waals surface area (Å²) in [6, 6.07) is 8.07. The normalized spacial score (nSPS) is 14.7. The number of aromatic nitrogens is 4. The summed E-state index contributed by atoms with van der Waals surface area (Å²) in [5, 5.41) is 14.2. The number of ketones is 1. The van der Waals surface area contributed by atoms with E-state index in [0.717, 1.165) is 59.9 Å². The predicted octanol–water partition coefficient (Wildman–Crippen LogP) is 7.57. The van der Waals surface area contributed by atoms with Crippen molar-refractivity contribution >= 4 is 29.8 Å². The molecule has 1 fully saturated rings. The van der Waals surface area contributed by atoms with Crippen LogP contribution in [0.3, 0.4) is 0 Å². The summed E-state index contributed by atoms with van der Waals surface area (Å²) in [7, 11) is 0. The highest BCUT2D eigenvalue weighted by molar-refractivity contribution is 6.30. The van der Waals surface area contributed by atoms with Crippen LogP contribution < -0.4 is 0 Å². The predicted molar refractivity (Wildman–Crippen MR) is 146 cm³/mol. The van der Waals surface area contributed by atoms with E-state index < -0.39 is 0 Å². The zero-order valence-electron chi connectivity index (χ0n) is 22.2. The molecule has 1 aliphatic carbocycles. The van der Waals surface area contributed by atoms with Crippen LogP contribution in [0.25, 0.3) is 11.5 Å². The average molecular weight is 534 g/mol. The van der Waals surface area contributed by atoms with Crippen molar-refractivity contribution in [3.05, 3.63) is 52.0 Å². The Hall–Kier alpha value is -2.18. The summed E-state index contributed by atoms with van der Waals surface area (Å²) >= 11 is 6.10. The summed E-state index contributed by atoms with van der Waals surface area (Å²) in [6.07, 6.45) is 4.72. The minimum Gasteiger partial charge on any atom is -0.361 e. The molecule has 8 heteroatoms. The maximum atomic E-state index is 13.2. The first-order valence-corrected chi connectivity index (χ1v) is 13.1. The van der Waals surface area contributed by atoms with Crippen LogP contribution in [0.5, 0.6) is 0 Å². The quantitative estimate of drug-likeness (QED) is 0.269. The van der Waals surface area contributed by atoms with Gasteiger partial charge in [0.2, 0.25) is 0 Å². The molecule has 0 radical (unpaired) electrons. The number of hydrogen-bond acceptors (Lipinski definition) is 5. The summed E-state index contributed by atoms with van der Waals surface area (Å²) in [4.78, 5) is 13.2. The first-order valence-electron chi connectivity index (χ1n) is 12.7. The lowest BCUT2D eigenvalue weighted by Crippen LogP contribution is -2.17. The molecule has 0 unspecified atom stereocenters. The Morgan fingerprint density at radius 2 is 1.92 bits per heavy atom. The number of carbonyl (C=O) groups excluding carboxylic acids is 1. The lowest BCUT2D eigenvalue weighted by atomic mass is 9.89. The molecular formula is C28H38Cl2N4O2. The second kappa shape index (κ2) is 11.5. The van der Waals surface area contributed by atoms with Crippen molar-refractivity contribution in [2.24, 2.45) is 11.3 Å². The number of carbonyl (C=O) groups is 1. The summed E-state index contributed by atoms with van der Waals surface area (Å²) < 4.78 is 7.87. The van der Waals surface area contributed by atoms with Crippen LogP contribution in [0, 0.1) is 18.3 Å². The summed E-state index contributed by atoms with van der Waals surface area (Å²) in [5.74, 6) is 3.16. The van der Waals surface area contributed by atoms with Gasteiger partial charge in [-0.15, -0.1) is 22.6 Å². The molecular weight excluding hydrogens is 495 g/mol. The summed E-state index contributed by atoms with van der Waals surface area (Å²) in [6.45, 7) is 12.9. The maximum Gasteiger partial charge on any atom is 0.186 e. The van der Waals surface area contributed by atoms with Crippen molar-refractivity contribution in [3.63, 3.8) is 0 Å². The van der Waals surface area contributed by atoms with E-state index in [4.69, 9.17) is 16.1 Å². The van der Waals surface area contributed by atoms with Crippen LogP contribution in [0.4, 0.5) is 0 Å². The molecule has 6 nitrogen and oxygen atoms in total. The number of nitrogens with zero attached hydrogens (tertiary/aromatic N) is 4. The zero-order chi connectivity index (χ0) is 25.3. The Labute approximate surface area is 225 Å². The van der Waals surface area contributed by atoms with Crippen molar-refractivity contribution in [1.82, 2.24) is 19.9 Å². The van der Waals surface area contributed by atoms with E-state index in [-0.39, 0.29) is 29.5 Å². The third-order valence-corrected chi connectivity index (χ3v) is 6.65. The molecule has 0 N–H and O–H groups in total. The van der Waals surface area contributed by atoms with Crippen LogP contribution in [0.15, 0.2) is 28.8 Å². The van der Waals surface area contributed by atoms with E-state index in [1.54, 1.807) is 0 Å².